The number of rotatable bonds is 6. The molecule has 0 heterocycles. The van der Waals surface area contributed by atoms with Gasteiger partial charge in [0.2, 0.25) is 0 Å². The Hall–Kier alpha value is -0.0800. The molecule has 2 heteroatoms. The van der Waals surface area contributed by atoms with Gasteiger partial charge in [-0.05, 0) is 50.6 Å². The van der Waals surface area contributed by atoms with Crippen molar-refractivity contribution in [2.75, 3.05) is 20.1 Å². The summed E-state index contributed by atoms with van der Waals surface area (Å²) in [5.41, 5.74) is 6.49. The maximum absolute atomic E-state index is 6.09. The molecule has 1 aliphatic rings. The molecule has 102 valence electrons. The van der Waals surface area contributed by atoms with Crippen LogP contribution in [0.3, 0.4) is 0 Å². The zero-order valence-electron chi connectivity index (χ0n) is 12.3. The zero-order chi connectivity index (χ0) is 12.9. The van der Waals surface area contributed by atoms with Crippen LogP contribution in [0.5, 0.6) is 0 Å². The van der Waals surface area contributed by atoms with E-state index in [4.69, 9.17) is 5.73 Å². The highest BCUT2D eigenvalue weighted by atomic mass is 15.1. The normalized spacial score (nSPS) is 30.2. The Balaban J connectivity index is 2.56. The van der Waals surface area contributed by atoms with Gasteiger partial charge in [0.15, 0.2) is 0 Å². The molecule has 0 unspecified atom stereocenters. The maximum atomic E-state index is 6.09. The standard InChI is InChI=1S/C15H32N2/c1-5-14(6-2)17(4)12-15(11-16)9-7-13(3)8-10-15/h13-14H,5-12,16H2,1-4H3. The predicted octanol–water partition coefficient (Wildman–Crippen LogP) is 3.26. The molecular weight excluding hydrogens is 208 g/mol. The van der Waals surface area contributed by atoms with Crippen molar-refractivity contribution >= 4 is 0 Å². The van der Waals surface area contributed by atoms with Crippen LogP contribution < -0.4 is 5.73 Å². The lowest BCUT2D eigenvalue weighted by Gasteiger charge is -2.43. The van der Waals surface area contributed by atoms with E-state index in [1.54, 1.807) is 0 Å². The van der Waals surface area contributed by atoms with Crippen LogP contribution in [0, 0.1) is 11.3 Å². The summed E-state index contributed by atoms with van der Waals surface area (Å²) in [5, 5.41) is 0. The van der Waals surface area contributed by atoms with Crippen LogP contribution in [-0.4, -0.2) is 31.1 Å². The molecule has 0 spiro atoms. The van der Waals surface area contributed by atoms with Gasteiger partial charge in [-0.2, -0.15) is 0 Å². The van der Waals surface area contributed by atoms with Crippen molar-refractivity contribution in [1.82, 2.24) is 4.90 Å². The Morgan fingerprint density at radius 1 is 1.24 bits per heavy atom. The molecule has 0 radical (unpaired) electrons. The second-order valence-electron chi connectivity index (χ2n) is 6.27. The lowest BCUT2D eigenvalue weighted by atomic mass is 9.70. The van der Waals surface area contributed by atoms with Crippen molar-refractivity contribution in [2.45, 2.75) is 65.3 Å². The lowest BCUT2D eigenvalue weighted by molar-refractivity contribution is 0.0836. The number of hydrogen-bond donors (Lipinski definition) is 1. The summed E-state index contributed by atoms with van der Waals surface area (Å²) in [5.74, 6) is 0.910. The van der Waals surface area contributed by atoms with E-state index in [1.807, 2.05) is 0 Å². The van der Waals surface area contributed by atoms with Gasteiger partial charge in [0, 0.05) is 12.6 Å². The molecule has 1 rings (SSSR count). The second kappa shape index (κ2) is 6.75. The molecule has 0 atom stereocenters. The summed E-state index contributed by atoms with van der Waals surface area (Å²) < 4.78 is 0. The molecule has 0 amide bonds. The minimum absolute atomic E-state index is 0.407. The highest BCUT2D eigenvalue weighted by molar-refractivity contribution is 4.88. The molecule has 17 heavy (non-hydrogen) atoms. The van der Waals surface area contributed by atoms with Crippen molar-refractivity contribution < 1.29 is 0 Å². The second-order valence-corrected chi connectivity index (χ2v) is 6.27. The van der Waals surface area contributed by atoms with E-state index < -0.39 is 0 Å². The highest BCUT2D eigenvalue weighted by Crippen LogP contribution is 2.39. The van der Waals surface area contributed by atoms with E-state index >= 15 is 0 Å². The fourth-order valence-corrected chi connectivity index (χ4v) is 3.37. The van der Waals surface area contributed by atoms with Gasteiger partial charge in [-0.3, -0.25) is 0 Å². The molecule has 1 saturated carbocycles. The van der Waals surface area contributed by atoms with Gasteiger partial charge in [0.05, 0.1) is 0 Å². The van der Waals surface area contributed by atoms with Crippen LogP contribution in [0.25, 0.3) is 0 Å². The molecule has 1 aliphatic carbocycles. The fourth-order valence-electron chi connectivity index (χ4n) is 3.37. The smallest absolute Gasteiger partial charge is 0.00872 e. The third kappa shape index (κ3) is 3.96. The van der Waals surface area contributed by atoms with E-state index in [9.17, 15) is 0 Å². The Bertz CT molecular complexity index is 203. The van der Waals surface area contributed by atoms with Crippen LogP contribution in [0.4, 0.5) is 0 Å². The van der Waals surface area contributed by atoms with E-state index in [2.05, 4.69) is 32.7 Å². The van der Waals surface area contributed by atoms with Crippen molar-refractivity contribution in [3.8, 4) is 0 Å². The molecule has 0 saturated heterocycles. The summed E-state index contributed by atoms with van der Waals surface area (Å²) in [7, 11) is 2.28. The summed E-state index contributed by atoms with van der Waals surface area (Å²) in [6.07, 6.45) is 7.90. The summed E-state index contributed by atoms with van der Waals surface area (Å²) in [6.45, 7) is 9.03. The third-order valence-corrected chi connectivity index (χ3v) is 4.92. The largest absolute Gasteiger partial charge is 0.330 e. The topological polar surface area (TPSA) is 29.3 Å². The first-order chi connectivity index (χ1) is 8.06. The van der Waals surface area contributed by atoms with Gasteiger partial charge in [0.1, 0.15) is 0 Å². The Morgan fingerprint density at radius 3 is 2.18 bits per heavy atom. The van der Waals surface area contributed by atoms with Gasteiger partial charge in [-0.25, -0.2) is 0 Å². The van der Waals surface area contributed by atoms with Gasteiger partial charge >= 0.3 is 0 Å². The van der Waals surface area contributed by atoms with Crippen LogP contribution in [0.15, 0.2) is 0 Å². The van der Waals surface area contributed by atoms with Crippen LogP contribution in [0.1, 0.15) is 59.3 Å². The zero-order valence-corrected chi connectivity index (χ0v) is 12.3. The van der Waals surface area contributed by atoms with Gasteiger partial charge in [0.25, 0.3) is 0 Å². The lowest BCUT2D eigenvalue weighted by Crippen LogP contribution is -2.46. The first-order valence-electron chi connectivity index (χ1n) is 7.47. The molecule has 2 N–H and O–H groups in total. The van der Waals surface area contributed by atoms with Crippen molar-refractivity contribution in [1.29, 1.82) is 0 Å². The number of nitrogens with zero attached hydrogens (tertiary/aromatic N) is 1. The summed E-state index contributed by atoms with van der Waals surface area (Å²) in [4.78, 5) is 2.56. The Kier molecular flexibility index (Phi) is 5.94. The quantitative estimate of drug-likeness (QED) is 0.772. The third-order valence-electron chi connectivity index (χ3n) is 4.92. The minimum atomic E-state index is 0.407. The fraction of sp³-hybridized carbons (Fsp3) is 1.00. The average molecular weight is 240 g/mol. The number of hydrogen-bond acceptors (Lipinski definition) is 2. The van der Waals surface area contributed by atoms with Crippen molar-refractivity contribution in [3.63, 3.8) is 0 Å². The summed E-state index contributed by atoms with van der Waals surface area (Å²) in [6, 6.07) is 0.734. The molecular formula is C15H32N2. The first-order valence-corrected chi connectivity index (χ1v) is 7.47. The van der Waals surface area contributed by atoms with Crippen LogP contribution >= 0.6 is 0 Å². The minimum Gasteiger partial charge on any atom is -0.330 e. The molecule has 0 aromatic heterocycles. The average Bonchev–Trinajstić information content (AvgIpc) is 2.34. The van der Waals surface area contributed by atoms with E-state index in [-0.39, 0.29) is 0 Å². The highest BCUT2D eigenvalue weighted by Gasteiger charge is 2.34. The molecule has 0 aromatic rings. The van der Waals surface area contributed by atoms with E-state index in [1.165, 1.54) is 45.1 Å². The Morgan fingerprint density at radius 2 is 1.76 bits per heavy atom. The Labute approximate surface area is 108 Å². The van der Waals surface area contributed by atoms with Gasteiger partial charge < -0.3 is 10.6 Å². The van der Waals surface area contributed by atoms with E-state index in [0.717, 1.165) is 18.5 Å². The van der Waals surface area contributed by atoms with Crippen LogP contribution in [-0.2, 0) is 0 Å². The molecule has 1 fully saturated rings. The molecule has 0 aliphatic heterocycles. The van der Waals surface area contributed by atoms with Crippen molar-refractivity contribution in [2.24, 2.45) is 17.1 Å². The number of nitrogens with two attached hydrogens (primary N) is 1. The van der Waals surface area contributed by atoms with Crippen molar-refractivity contribution in [3.05, 3.63) is 0 Å². The molecule has 0 aromatic carbocycles. The predicted molar refractivity (Wildman–Crippen MR) is 76.1 cm³/mol. The molecule has 0 bridgehead atoms. The SMILES string of the molecule is CCC(CC)N(C)CC1(CN)CCC(C)CC1. The monoisotopic (exact) mass is 240 g/mol. The first kappa shape index (κ1) is 15.0. The van der Waals surface area contributed by atoms with Gasteiger partial charge in [-0.1, -0.05) is 33.6 Å². The molecule has 2 nitrogen and oxygen atoms in total. The van der Waals surface area contributed by atoms with Crippen LogP contribution in [0.2, 0.25) is 0 Å². The van der Waals surface area contributed by atoms with E-state index in [0.29, 0.717) is 5.41 Å². The van der Waals surface area contributed by atoms with Gasteiger partial charge in [-0.15, -0.1) is 0 Å². The maximum Gasteiger partial charge on any atom is 0.00872 e. The summed E-state index contributed by atoms with van der Waals surface area (Å²) >= 11 is 0.